The predicted octanol–water partition coefficient (Wildman–Crippen LogP) is 11.2. The van der Waals surface area contributed by atoms with E-state index in [1.807, 2.05) is 23.1 Å². The summed E-state index contributed by atoms with van der Waals surface area (Å²) < 4.78 is 29.7. The summed E-state index contributed by atoms with van der Waals surface area (Å²) in [6, 6.07) is 21.0. The van der Waals surface area contributed by atoms with E-state index >= 15 is 0 Å². The van der Waals surface area contributed by atoms with E-state index in [0.717, 1.165) is 84.9 Å². The Morgan fingerprint density at radius 1 is 0.824 bits per heavy atom. The summed E-state index contributed by atoms with van der Waals surface area (Å²) in [6.07, 6.45) is 17.0. The zero-order valence-electron chi connectivity index (χ0n) is 39.7. The molecule has 1 amide bonds. The zero-order chi connectivity index (χ0) is 46.9. The van der Waals surface area contributed by atoms with Crippen molar-refractivity contribution in [3.05, 3.63) is 100.0 Å². The monoisotopic (exact) mass is 942 g/mol. The molecule has 14 heteroatoms. The maximum Gasteiger partial charge on any atom is 0.264 e. The van der Waals surface area contributed by atoms with E-state index in [4.69, 9.17) is 11.6 Å². The lowest BCUT2D eigenvalue weighted by atomic mass is 9.76. The minimum Gasteiger partial charge on any atom is -0.372 e. The van der Waals surface area contributed by atoms with Gasteiger partial charge in [-0.1, -0.05) is 43.7 Å². The van der Waals surface area contributed by atoms with E-state index in [-0.39, 0.29) is 11.5 Å². The van der Waals surface area contributed by atoms with Crippen LogP contribution in [0, 0.1) is 28.6 Å². The lowest BCUT2D eigenvalue weighted by Gasteiger charge is -2.41. The summed E-state index contributed by atoms with van der Waals surface area (Å²) in [7, 11) is 1.77. The van der Waals surface area contributed by atoms with Crippen LogP contribution in [0.2, 0.25) is 5.02 Å². The molecule has 358 valence electrons. The number of nitrogens with zero attached hydrogens (tertiary/aromatic N) is 9. The van der Waals surface area contributed by atoms with E-state index in [0.29, 0.717) is 53.2 Å². The van der Waals surface area contributed by atoms with E-state index in [1.54, 1.807) is 42.0 Å². The number of anilines is 5. The number of rotatable bonds is 7. The molecule has 3 aromatic carbocycles. The molecule has 2 aromatic heterocycles. The normalized spacial score (nSPS) is 19.8. The lowest BCUT2D eigenvalue weighted by Crippen LogP contribution is -2.41. The SMILES string of the molecule is CC(=O)N1CCc2[nH]nc(N3CCCc4cc(-c5cnn(C)c5)c(C(F)F)cc43)c2C1.N#Cc1ccc(N2CCC3(CCN(c4ccc(N5CCC(C6CCCCC6)CC5)cc4)CC3)C2)cc1Cl. The quantitative estimate of drug-likeness (QED) is 0.172. The number of nitriles is 1. The van der Waals surface area contributed by atoms with Gasteiger partial charge in [-0.2, -0.15) is 15.5 Å². The molecule has 0 atom stereocenters. The molecule has 0 radical (unpaired) electrons. The maximum atomic E-state index is 14.1. The van der Waals surface area contributed by atoms with Crippen molar-refractivity contribution in [1.82, 2.24) is 24.9 Å². The molecular weight excluding hydrogens is 878 g/mol. The molecule has 1 aliphatic carbocycles. The summed E-state index contributed by atoms with van der Waals surface area (Å²) in [5.41, 5.74) is 9.88. The number of aromatic nitrogens is 4. The van der Waals surface area contributed by atoms with Gasteiger partial charge in [-0.05, 0) is 128 Å². The van der Waals surface area contributed by atoms with Crippen LogP contribution in [-0.4, -0.2) is 83.1 Å². The molecule has 7 heterocycles. The Hall–Kier alpha value is -5.61. The van der Waals surface area contributed by atoms with Gasteiger partial charge in [-0.15, -0.1) is 0 Å². The van der Waals surface area contributed by atoms with Crippen molar-refractivity contribution in [1.29, 1.82) is 5.26 Å². The number of piperidine rings is 2. The van der Waals surface area contributed by atoms with Crippen LogP contribution < -0.4 is 19.6 Å². The van der Waals surface area contributed by atoms with Gasteiger partial charge in [0.1, 0.15) is 6.07 Å². The lowest BCUT2D eigenvalue weighted by molar-refractivity contribution is -0.129. The first-order chi connectivity index (χ1) is 33.0. The summed E-state index contributed by atoms with van der Waals surface area (Å²) in [5.74, 6) is 2.74. The number of alkyl halides is 2. The van der Waals surface area contributed by atoms with Crippen LogP contribution in [-0.2, 0) is 31.2 Å². The molecule has 1 N–H and O–H groups in total. The predicted molar refractivity (Wildman–Crippen MR) is 267 cm³/mol. The van der Waals surface area contributed by atoms with Gasteiger partial charge in [-0.25, -0.2) is 8.78 Å². The van der Waals surface area contributed by atoms with Crippen molar-refractivity contribution in [2.75, 3.05) is 72.0 Å². The molecule has 0 bridgehead atoms. The highest BCUT2D eigenvalue weighted by atomic mass is 35.5. The number of aryl methyl sites for hydroxylation is 2. The molecular formula is C54H65ClF2N10O. The largest absolute Gasteiger partial charge is 0.372 e. The van der Waals surface area contributed by atoms with Gasteiger partial charge in [-0.3, -0.25) is 14.6 Å². The topological polar surface area (TPSA) is 104 Å². The average Bonchev–Trinajstić information content (AvgIpc) is 4.12. The Labute approximate surface area is 405 Å². The van der Waals surface area contributed by atoms with Crippen LogP contribution in [0.25, 0.3) is 11.1 Å². The Balaban J connectivity index is 0.000000161. The van der Waals surface area contributed by atoms with Gasteiger partial charge in [0.05, 0.1) is 23.3 Å². The Bertz CT molecular complexity index is 2620. The summed E-state index contributed by atoms with van der Waals surface area (Å²) in [6.45, 7) is 10.3. The molecule has 11 nitrogen and oxygen atoms in total. The van der Waals surface area contributed by atoms with E-state index in [2.05, 4.69) is 66.4 Å². The van der Waals surface area contributed by atoms with Crippen LogP contribution in [0.5, 0.6) is 0 Å². The van der Waals surface area contributed by atoms with Crippen molar-refractivity contribution >= 4 is 46.1 Å². The van der Waals surface area contributed by atoms with Crippen molar-refractivity contribution in [2.45, 2.75) is 103 Å². The highest BCUT2D eigenvalue weighted by Crippen LogP contribution is 2.45. The Morgan fingerprint density at radius 3 is 2.15 bits per heavy atom. The minimum absolute atomic E-state index is 0.00610. The van der Waals surface area contributed by atoms with Gasteiger partial charge < -0.3 is 24.5 Å². The number of H-pyrrole nitrogens is 1. The summed E-state index contributed by atoms with van der Waals surface area (Å²) >= 11 is 6.31. The van der Waals surface area contributed by atoms with Gasteiger partial charge in [0.2, 0.25) is 5.91 Å². The second kappa shape index (κ2) is 19.8. The van der Waals surface area contributed by atoms with Gasteiger partial charge in [0.15, 0.2) is 5.82 Å². The van der Waals surface area contributed by atoms with E-state index in [1.165, 1.54) is 88.7 Å². The molecule has 1 saturated carbocycles. The molecule has 3 saturated heterocycles. The molecule has 5 aromatic rings. The van der Waals surface area contributed by atoms with Crippen molar-refractivity contribution in [3.8, 4) is 17.2 Å². The summed E-state index contributed by atoms with van der Waals surface area (Å²) in [4.78, 5) is 23.4. The maximum absolute atomic E-state index is 14.1. The number of fused-ring (bicyclic) bond motifs is 2. The van der Waals surface area contributed by atoms with Crippen molar-refractivity contribution in [3.63, 3.8) is 0 Å². The molecule has 5 aliphatic heterocycles. The highest BCUT2D eigenvalue weighted by molar-refractivity contribution is 6.32. The molecule has 0 unspecified atom stereocenters. The first kappa shape index (κ1) is 46.1. The third kappa shape index (κ3) is 9.54. The van der Waals surface area contributed by atoms with Crippen LogP contribution in [0.1, 0.15) is 112 Å². The number of carbonyl (C=O) groups excluding carboxylic acids is 1. The number of halogens is 3. The van der Waals surface area contributed by atoms with Crippen LogP contribution in [0.3, 0.4) is 0 Å². The van der Waals surface area contributed by atoms with E-state index < -0.39 is 6.43 Å². The molecule has 1 spiro atoms. The highest BCUT2D eigenvalue weighted by Gasteiger charge is 2.41. The van der Waals surface area contributed by atoms with Gasteiger partial charge in [0, 0.05) is 124 Å². The van der Waals surface area contributed by atoms with Crippen molar-refractivity contribution < 1.29 is 13.6 Å². The second-order valence-electron chi connectivity index (χ2n) is 20.4. The fraction of sp³-hybridized carbons (Fsp3) is 0.519. The fourth-order valence-corrected chi connectivity index (χ4v) is 12.6. The first-order valence-corrected chi connectivity index (χ1v) is 25.5. The number of carbonyl (C=O) groups is 1. The second-order valence-corrected chi connectivity index (χ2v) is 20.8. The van der Waals surface area contributed by atoms with Crippen LogP contribution in [0.15, 0.2) is 67.0 Å². The smallest absolute Gasteiger partial charge is 0.264 e. The number of hydrogen-bond donors (Lipinski definition) is 1. The Kier molecular flexibility index (Phi) is 13.4. The minimum atomic E-state index is -2.61. The third-order valence-corrected chi connectivity index (χ3v) is 16.7. The fourth-order valence-electron chi connectivity index (χ4n) is 12.3. The van der Waals surface area contributed by atoms with E-state index in [9.17, 15) is 18.8 Å². The zero-order valence-corrected chi connectivity index (χ0v) is 40.5. The number of amides is 1. The molecule has 68 heavy (non-hydrogen) atoms. The average molecular weight is 944 g/mol. The molecule has 6 aliphatic rings. The van der Waals surface area contributed by atoms with Crippen LogP contribution >= 0.6 is 11.6 Å². The Morgan fingerprint density at radius 2 is 1.50 bits per heavy atom. The van der Waals surface area contributed by atoms with Gasteiger partial charge >= 0.3 is 0 Å². The van der Waals surface area contributed by atoms with Crippen LogP contribution in [0.4, 0.5) is 37.3 Å². The third-order valence-electron chi connectivity index (χ3n) is 16.4. The first-order valence-electron chi connectivity index (χ1n) is 25.1. The molecule has 11 rings (SSSR count). The van der Waals surface area contributed by atoms with Crippen molar-refractivity contribution in [2.24, 2.45) is 24.3 Å². The number of benzene rings is 3. The summed E-state index contributed by atoms with van der Waals surface area (Å²) in [5, 5.41) is 21.5. The number of nitrogens with one attached hydrogen (secondary N) is 1. The van der Waals surface area contributed by atoms with Gasteiger partial charge in [0.25, 0.3) is 6.43 Å². The number of hydrogen-bond acceptors (Lipinski definition) is 8. The standard InChI is InChI=1S/C32H41ClN4.C22H24F2N6O/c33-31-22-30(7-6-27(31)23-34)37-21-16-32(24-37)14-19-36(20-15-32)29-10-8-28(9-11-29)35-17-12-26(13-18-35)25-4-2-1-3-5-25;1-13(31)29-7-5-19-18(12-29)22(27-26-19)30-6-3-4-14-8-16(15-10-25-28(2)11-15)17(21(23)24)9-20(14)30/h6-11,22,25-26H,1-5,12-21,24H2;8-11,21H,3-7,12H2,1-2H3,(H,26,27). The number of aromatic amines is 1. The molecule has 4 fully saturated rings.